The Balaban J connectivity index is 2.13. The van der Waals surface area contributed by atoms with Crippen LogP contribution in [0.25, 0.3) is 0 Å². The van der Waals surface area contributed by atoms with Crippen LogP contribution in [-0.4, -0.2) is 29.1 Å². The zero-order valence-corrected chi connectivity index (χ0v) is 14.9. The second-order valence-corrected chi connectivity index (χ2v) is 9.78. The Morgan fingerprint density at radius 2 is 2.00 bits per heavy atom. The van der Waals surface area contributed by atoms with Gasteiger partial charge in [-0.15, -0.1) is 0 Å². The first-order valence-electron chi connectivity index (χ1n) is 5.55. The molecular formula is C11H11Br2NO4S2. The maximum Gasteiger partial charge on any atom is 0.241 e. The molecule has 1 heterocycles. The first-order chi connectivity index (χ1) is 9.20. The first-order valence-corrected chi connectivity index (χ1v) is 10.3. The second-order valence-electron chi connectivity index (χ2n) is 4.34. The van der Waals surface area contributed by atoms with Crippen molar-refractivity contribution < 1.29 is 16.8 Å². The molecule has 0 bridgehead atoms. The van der Waals surface area contributed by atoms with Crippen molar-refractivity contribution in [3.63, 3.8) is 0 Å². The Labute approximate surface area is 134 Å². The Bertz CT molecular complexity index is 757. The van der Waals surface area contributed by atoms with E-state index >= 15 is 0 Å². The summed E-state index contributed by atoms with van der Waals surface area (Å²) in [5.74, 6) is -0.393. The molecule has 1 aromatic rings. The van der Waals surface area contributed by atoms with E-state index in [1.165, 1.54) is 12.1 Å². The average molecular weight is 445 g/mol. The number of halogens is 2. The van der Waals surface area contributed by atoms with Gasteiger partial charge in [0.1, 0.15) is 0 Å². The fourth-order valence-electron chi connectivity index (χ4n) is 1.74. The van der Waals surface area contributed by atoms with Crippen molar-refractivity contribution in [2.24, 2.45) is 5.92 Å². The highest BCUT2D eigenvalue weighted by Gasteiger charge is 2.24. The minimum atomic E-state index is -3.69. The van der Waals surface area contributed by atoms with Crippen LogP contribution in [0.2, 0.25) is 0 Å². The molecule has 1 atom stereocenters. The quantitative estimate of drug-likeness (QED) is 0.770. The van der Waals surface area contributed by atoms with Gasteiger partial charge in [0.25, 0.3) is 0 Å². The van der Waals surface area contributed by atoms with Gasteiger partial charge in [-0.05, 0) is 34.1 Å². The smallest absolute Gasteiger partial charge is 0.224 e. The fraction of sp³-hybridized carbons (Fsp3) is 0.273. The van der Waals surface area contributed by atoms with E-state index in [0.29, 0.717) is 8.95 Å². The van der Waals surface area contributed by atoms with Crippen LogP contribution in [0.1, 0.15) is 0 Å². The predicted molar refractivity (Wildman–Crippen MR) is 83.4 cm³/mol. The number of rotatable bonds is 4. The Hall–Kier alpha value is -0.220. The third kappa shape index (κ3) is 3.91. The van der Waals surface area contributed by atoms with Gasteiger partial charge in [0.2, 0.25) is 10.0 Å². The molecule has 1 aromatic carbocycles. The highest BCUT2D eigenvalue weighted by atomic mass is 79.9. The Kier molecular flexibility index (Phi) is 4.75. The third-order valence-electron chi connectivity index (χ3n) is 2.72. The Morgan fingerprint density at radius 1 is 1.30 bits per heavy atom. The van der Waals surface area contributed by atoms with E-state index in [1.807, 2.05) is 0 Å². The van der Waals surface area contributed by atoms with E-state index in [2.05, 4.69) is 36.6 Å². The molecule has 0 aliphatic carbocycles. The number of hydrogen-bond donors (Lipinski definition) is 1. The van der Waals surface area contributed by atoms with Gasteiger partial charge in [0.15, 0.2) is 9.84 Å². The lowest BCUT2D eigenvalue weighted by Gasteiger charge is -2.11. The molecule has 0 saturated heterocycles. The first kappa shape index (κ1) is 16.2. The number of benzene rings is 1. The van der Waals surface area contributed by atoms with Crippen LogP contribution in [0.3, 0.4) is 0 Å². The number of sulfone groups is 1. The number of hydrogen-bond acceptors (Lipinski definition) is 4. The molecule has 0 spiro atoms. The van der Waals surface area contributed by atoms with E-state index in [1.54, 1.807) is 12.1 Å². The summed E-state index contributed by atoms with van der Waals surface area (Å²) >= 11 is 6.41. The molecule has 1 aliphatic heterocycles. The molecule has 1 aliphatic rings. The molecule has 20 heavy (non-hydrogen) atoms. The molecule has 0 aromatic heterocycles. The van der Waals surface area contributed by atoms with Crippen molar-refractivity contribution in [1.29, 1.82) is 0 Å². The van der Waals surface area contributed by atoms with Crippen molar-refractivity contribution in [1.82, 2.24) is 4.72 Å². The standard InChI is InChI=1S/C11H11Br2NO4S2/c12-9-1-2-10(13)11(5-9)20(17,18)14-6-8-3-4-19(15,16)7-8/h1-5,8,14H,6-7H2/t8-/m0/s1. The maximum absolute atomic E-state index is 12.2. The van der Waals surface area contributed by atoms with Crippen LogP contribution in [0.15, 0.2) is 43.5 Å². The van der Waals surface area contributed by atoms with Gasteiger partial charge in [0, 0.05) is 26.8 Å². The van der Waals surface area contributed by atoms with Gasteiger partial charge in [-0.25, -0.2) is 21.6 Å². The average Bonchev–Trinajstić information content (AvgIpc) is 2.70. The molecular weight excluding hydrogens is 434 g/mol. The van der Waals surface area contributed by atoms with Crippen LogP contribution in [0, 0.1) is 5.92 Å². The molecule has 0 radical (unpaired) electrons. The SMILES string of the molecule is O=S1(=O)C=C[C@@H](CNS(=O)(=O)c2cc(Br)ccc2Br)C1. The van der Waals surface area contributed by atoms with Crippen molar-refractivity contribution in [3.05, 3.63) is 38.6 Å². The molecule has 2 rings (SSSR count). The van der Waals surface area contributed by atoms with Crippen molar-refractivity contribution in [2.75, 3.05) is 12.3 Å². The zero-order chi connectivity index (χ0) is 15.0. The molecule has 0 fully saturated rings. The van der Waals surface area contributed by atoms with Crippen molar-refractivity contribution in [3.8, 4) is 0 Å². The van der Waals surface area contributed by atoms with E-state index in [0.717, 1.165) is 5.41 Å². The Morgan fingerprint density at radius 3 is 2.60 bits per heavy atom. The summed E-state index contributed by atoms with van der Waals surface area (Å²) in [5, 5.41) is 1.13. The lowest BCUT2D eigenvalue weighted by molar-refractivity contribution is 0.567. The van der Waals surface area contributed by atoms with Gasteiger partial charge in [-0.1, -0.05) is 22.0 Å². The molecule has 0 unspecified atom stereocenters. The van der Waals surface area contributed by atoms with Gasteiger partial charge in [0.05, 0.1) is 10.6 Å². The second kappa shape index (κ2) is 5.88. The normalized spacial score (nSPS) is 21.2. The van der Waals surface area contributed by atoms with Crippen molar-refractivity contribution in [2.45, 2.75) is 4.90 Å². The number of nitrogens with one attached hydrogen (secondary N) is 1. The third-order valence-corrected chi connectivity index (χ3v) is 7.10. The van der Waals surface area contributed by atoms with Crippen LogP contribution in [-0.2, 0) is 19.9 Å². The van der Waals surface area contributed by atoms with Gasteiger partial charge in [-0.3, -0.25) is 0 Å². The van der Waals surface area contributed by atoms with Gasteiger partial charge in [-0.2, -0.15) is 0 Å². The lowest BCUT2D eigenvalue weighted by Crippen LogP contribution is -2.30. The molecule has 110 valence electrons. The molecule has 9 heteroatoms. The molecule has 1 N–H and O–H groups in total. The van der Waals surface area contributed by atoms with E-state index in [4.69, 9.17) is 0 Å². The highest BCUT2D eigenvalue weighted by molar-refractivity contribution is 9.11. The van der Waals surface area contributed by atoms with Crippen LogP contribution in [0.5, 0.6) is 0 Å². The van der Waals surface area contributed by atoms with Gasteiger partial charge >= 0.3 is 0 Å². The molecule has 5 nitrogen and oxygen atoms in total. The summed E-state index contributed by atoms with van der Waals surface area (Å²) in [6.45, 7) is 0.0526. The molecule has 0 amide bonds. The van der Waals surface area contributed by atoms with Crippen LogP contribution >= 0.6 is 31.9 Å². The number of sulfonamides is 1. The van der Waals surface area contributed by atoms with E-state index in [-0.39, 0.29) is 23.1 Å². The minimum absolute atomic E-state index is 0.0526. The summed E-state index contributed by atoms with van der Waals surface area (Å²) in [5.41, 5.74) is 0. The summed E-state index contributed by atoms with van der Waals surface area (Å²) in [7, 11) is -6.87. The molecule has 0 saturated carbocycles. The maximum atomic E-state index is 12.2. The topological polar surface area (TPSA) is 80.3 Å². The van der Waals surface area contributed by atoms with Gasteiger partial charge < -0.3 is 0 Å². The van der Waals surface area contributed by atoms with Crippen molar-refractivity contribution >= 4 is 51.7 Å². The van der Waals surface area contributed by atoms with E-state index < -0.39 is 19.9 Å². The van der Waals surface area contributed by atoms with E-state index in [9.17, 15) is 16.8 Å². The van der Waals surface area contributed by atoms with Crippen LogP contribution in [0.4, 0.5) is 0 Å². The minimum Gasteiger partial charge on any atom is -0.224 e. The zero-order valence-electron chi connectivity index (χ0n) is 10.1. The predicted octanol–water partition coefficient (Wildman–Crippen LogP) is 2.05. The lowest BCUT2D eigenvalue weighted by atomic mass is 10.2. The summed E-state index contributed by atoms with van der Waals surface area (Å²) < 4.78 is 50.4. The fourth-order valence-corrected chi connectivity index (χ4v) is 5.74. The summed E-state index contributed by atoms with van der Waals surface area (Å²) in [6, 6.07) is 4.82. The summed E-state index contributed by atoms with van der Waals surface area (Å²) in [4.78, 5) is 0.108. The van der Waals surface area contributed by atoms with Crippen LogP contribution < -0.4 is 4.72 Å². The largest absolute Gasteiger partial charge is 0.241 e. The summed E-state index contributed by atoms with van der Waals surface area (Å²) in [6.07, 6.45) is 1.51. The highest BCUT2D eigenvalue weighted by Crippen LogP contribution is 2.25. The monoisotopic (exact) mass is 443 g/mol.